The molecule has 156 valence electrons. The highest BCUT2D eigenvalue weighted by Gasteiger charge is 2.23. The van der Waals surface area contributed by atoms with Crippen LogP contribution in [0.1, 0.15) is 54.4 Å². The second kappa shape index (κ2) is 9.17. The van der Waals surface area contributed by atoms with Crippen LogP contribution in [0.15, 0.2) is 24.3 Å². The lowest BCUT2D eigenvalue weighted by Crippen LogP contribution is -2.32. The third-order valence-corrected chi connectivity index (χ3v) is 5.20. The highest BCUT2D eigenvalue weighted by molar-refractivity contribution is 5.89. The topological polar surface area (TPSA) is 89.3 Å². The van der Waals surface area contributed by atoms with Crippen molar-refractivity contribution in [3.63, 3.8) is 0 Å². The number of nitrogens with zero attached hydrogens (tertiary/aromatic N) is 4. The summed E-state index contributed by atoms with van der Waals surface area (Å²) in [5.74, 6) is 1.38. The van der Waals surface area contributed by atoms with E-state index in [2.05, 4.69) is 25.0 Å². The number of ether oxygens (including phenoxy) is 1. The van der Waals surface area contributed by atoms with E-state index in [-0.39, 0.29) is 23.8 Å². The van der Waals surface area contributed by atoms with Crippen LogP contribution in [0.4, 0.5) is 0 Å². The molecule has 1 aliphatic rings. The summed E-state index contributed by atoms with van der Waals surface area (Å²) in [6.07, 6.45) is 0.804. The molecule has 0 bridgehead atoms. The summed E-state index contributed by atoms with van der Waals surface area (Å²) in [5.41, 5.74) is 1.70. The van der Waals surface area contributed by atoms with Crippen LogP contribution >= 0.6 is 0 Å². The number of carbonyl (C=O) groups is 2. The molecule has 0 fully saturated rings. The number of rotatable bonds is 6. The molecule has 0 saturated heterocycles. The van der Waals surface area contributed by atoms with Crippen LogP contribution in [-0.4, -0.2) is 51.7 Å². The Kier molecular flexibility index (Phi) is 6.64. The van der Waals surface area contributed by atoms with Gasteiger partial charge >= 0.3 is 5.97 Å². The Morgan fingerprint density at radius 1 is 1.10 bits per heavy atom. The summed E-state index contributed by atoms with van der Waals surface area (Å²) in [7, 11) is 1.38. The number of benzene rings is 1. The SMILES string of the molecule is COC(=O)c1ccc(CN2CCc3nnc([C@@H](C)NC(=O)C(C)C)n3CC2)cc1. The van der Waals surface area contributed by atoms with Crippen LogP contribution in [-0.2, 0) is 29.0 Å². The van der Waals surface area contributed by atoms with Crippen molar-refractivity contribution in [2.45, 2.75) is 46.3 Å². The maximum atomic E-state index is 12.0. The first-order valence-corrected chi connectivity index (χ1v) is 10.0. The minimum absolute atomic E-state index is 0.0144. The smallest absolute Gasteiger partial charge is 0.337 e. The predicted molar refractivity (Wildman–Crippen MR) is 108 cm³/mol. The fourth-order valence-electron chi connectivity index (χ4n) is 3.43. The maximum absolute atomic E-state index is 12.0. The minimum atomic E-state index is -0.324. The van der Waals surface area contributed by atoms with Crippen molar-refractivity contribution in [2.24, 2.45) is 5.92 Å². The summed E-state index contributed by atoms with van der Waals surface area (Å²) in [4.78, 5) is 26.0. The molecular formula is C21H29N5O3. The summed E-state index contributed by atoms with van der Waals surface area (Å²) in [6, 6.07) is 7.35. The fraction of sp³-hybridized carbons (Fsp3) is 0.524. The number of fused-ring (bicyclic) bond motifs is 1. The van der Waals surface area contributed by atoms with Gasteiger partial charge in [-0.1, -0.05) is 26.0 Å². The fourth-order valence-corrected chi connectivity index (χ4v) is 3.43. The van der Waals surface area contributed by atoms with Gasteiger partial charge in [0.15, 0.2) is 5.82 Å². The van der Waals surface area contributed by atoms with Crippen LogP contribution in [0.2, 0.25) is 0 Å². The van der Waals surface area contributed by atoms with Crippen LogP contribution in [0, 0.1) is 5.92 Å². The number of methoxy groups -OCH3 is 1. The Hall–Kier alpha value is -2.74. The summed E-state index contributed by atoms with van der Waals surface area (Å²) < 4.78 is 6.88. The molecule has 1 aromatic carbocycles. The maximum Gasteiger partial charge on any atom is 0.337 e. The van der Waals surface area contributed by atoms with Gasteiger partial charge < -0.3 is 14.6 Å². The Labute approximate surface area is 171 Å². The van der Waals surface area contributed by atoms with Crippen LogP contribution < -0.4 is 5.32 Å². The van der Waals surface area contributed by atoms with E-state index in [0.29, 0.717) is 5.56 Å². The van der Waals surface area contributed by atoms with Crippen molar-refractivity contribution in [1.29, 1.82) is 0 Å². The second-order valence-electron chi connectivity index (χ2n) is 7.73. The average molecular weight is 399 g/mol. The molecule has 2 aromatic rings. The lowest BCUT2D eigenvalue weighted by atomic mass is 10.1. The normalized spacial score (nSPS) is 15.5. The quantitative estimate of drug-likeness (QED) is 0.747. The van der Waals surface area contributed by atoms with Crippen molar-refractivity contribution in [1.82, 2.24) is 25.0 Å². The van der Waals surface area contributed by atoms with Crippen molar-refractivity contribution < 1.29 is 14.3 Å². The molecule has 1 atom stereocenters. The van der Waals surface area contributed by atoms with Gasteiger partial charge in [-0.3, -0.25) is 9.69 Å². The van der Waals surface area contributed by atoms with Gasteiger partial charge in [-0.15, -0.1) is 10.2 Å². The van der Waals surface area contributed by atoms with Crippen molar-refractivity contribution in [2.75, 3.05) is 20.2 Å². The Morgan fingerprint density at radius 2 is 1.83 bits per heavy atom. The largest absolute Gasteiger partial charge is 0.465 e. The van der Waals surface area contributed by atoms with E-state index in [4.69, 9.17) is 4.74 Å². The Bertz CT molecular complexity index is 860. The third-order valence-electron chi connectivity index (χ3n) is 5.20. The van der Waals surface area contributed by atoms with Gasteiger partial charge in [-0.05, 0) is 24.6 Å². The van der Waals surface area contributed by atoms with Gasteiger partial charge in [-0.2, -0.15) is 0 Å². The molecule has 0 radical (unpaired) electrons. The number of hydrogen-bond donors (Lipinski definition) is 1. The van der Waals surface area contributed by atoms with Crippen LogP contribution in [0.3, 0.4) is 0 Å². The van der Waals surface area contributed by atoms with E-state index < -0.39 is 0 Å². The van der Waals surface area contributed by atoms with Gasteiger partial charge in [0, 0.05) is 38.5 Å². The molecule has 1 amide bonds. The number of esters is 1. The van der Waals surface area contributed by atoms with Crippen LogP contribution in [0.25, 0.3) is 0 Å². The standard InChI is InChI=1S/C21H29N5O3/c1-14(2)20(27)22-15(3)19-24-23-18-9-10-25(11-12-26(18)19)13-16-5-7-17(8-6-16)21(28)29-4/h5-8,14-15H,9-13H2,1-4H3,(H,22,27)/t15-/m1/s1. The van der Waals surface area contributed by atoms with E-state index in [1.54, 1.807) is 12.1 Å². The first kappa shape index (κ1) is 21.0. The first-order chi connectivity index (χ1) is 13.9. The molecule has 8 nitrogen and oxygen atoms in total. The van der Waals surface area contributed by atoms with E-state index in [1.807, 2.05) is 32.9 Å². The van der Waals surface area contributed by atoms with Gasteiger partial charge in [0.2, 0.25) is 5.91 Å². The molecule has 0 aliphatic carbocycles. The number of amides is 1. The number of carbonyl (C=O) groups excluding carboxylic acids is 2. The molecule has 0 saturated carbocycles. The molecule has 0 unspecified atom stereocenters. The van der Waals surface area contributed by atoms with E-state index in [1.165, 1.54) is 7.11 Å². The molecule has 29 heavy (non-hydrogen) atoms. The van der Waals surface area contributed by atoms with Crippen molar-refractivity contribution in [3.05, 3.63) is 47.0 Å². The number of hydrogen-bond acceptors (Lipinski definition) is 6. The molecule has 1 aromatic heterocycles. The molecule has 1 N–H and O–H groups in total. The minimum Gasteiger partial charge on any atom is -0.465 e. The zero-order chi connectivity index (χ0) is 21.0. The average Bonchev–Trinajstić information content (AvgIpc) is 3.02. The van der Waals surface area contributed by atoms with E-state index in [9.17, 15) is 9.59 Å². The Morgan fingerprint density at radius 3 is 2.48 bits per heavy atom. The Balaban J connectivity index is 1.63. The van der Waals surface area contributed by atoms with Crippen LogP contribution in [0.5, 0.6) is 0 Å². The lowest BCUT2D eigenvalue weighted by molar-refractivity contribution is -0.124. The monoisotopic (exact) mass is 399 g/mol. The van der Waals surface area contributed by atoms with Crippen molar-refractivity contribution in [3.8, 4) is 0 Å². The molecule has 1 aliphatic heterocycles. The van der Waals surface area contributed by atoms with Gasteiger partial charge in [0.05, 0.1) is 18.7 Å². The summed E-state index contributed by atoms with van der Waals surface area (Å²) in [5, 5.41) is 11.7. The number of nitrogens with one attached hydrogen (secondary N) is 1. The molecular weight excluding hydrogens is 370 g/mol. The second-order valence-corrected chi connectivity index (χ2v) is 7.73. The van der Waals surface area contributed by atoms with Crippen molar-refractivity contribution >= 4 is 11.9 Å². The molecule has 0 spiro atoms. The molecule has 8 heteroatoms. The number of aromatic nitrogens is 3. The zero-order valence-electron chi connectivity index (χ0n) is 17.5. The lowest BCUT2D eigenvalue weighted by Gasteiger charge is -2.20. The predicted octanol–water partition coefficient (Wildman–Crippen LogP) is 1.96. The third kappa shape index (κ3) is 5.00. The molecule has 3 rings (SSSR count). The molecule has 2 heterocycles. The summed E-state index contributed by atoms with van der Waals surface area (Å²) in [6.45, 7) is 9.02. The summed E-state index contributed by atoms with van der Waals surface area (Å²) >= 11 is 0. The first-order valence-electron chi connectivity index (χ1n) is 10.0. The highest BCUT2D eigenvalue weighted by atomic mass is 16.5. The van der Waals surface area contributed by atoms with Gasteiger partial charge in [-0.25, -0.2) is 4.79 Å². The van der Waals surface area contributed by atoms with E-state index in [0.717, 1.165) is 49.8 Å². The zero-order valence-corrected chi connectivity index (χ0v) is 17.5. The van der Waals surface area contributed by atoms with Gasteiger partial charge in [0.25, 0.3) is 0 Å². The van der Waals surface area contributed by atoms with E-state index >= 15 is 0 Å². The van der Waals surface area contributed by atoms with Gasteiger partial charge in [0.1, 0.15) is 5.82 Å². The highest BCUT2D eigenvalue weighted by Crippen LogP contribution is 2.17.